The van der Waals surface area contributed by atoms with E-state index in [1.165, 1.54) is 0 Å². The largest absolute Gasteiger partial charge is 0.861 e. The second-order valence-corrected chi connectivity index (χ2v) is 4.96. The van der Waals surface area contributed by atoms with Gasteiger partial charge in [0.15, 0.2) is 5.69 Å². The SMILES string of the molecule is [C-]#[N+]c1ccc(S(=O)(=O)/N=C(\[O-])CC(F)(F)F)cc1. The Morgan fingerprint density at radius 3 is 2.26 bits per heavy atom. The van der Waals surface area contributed by atoms with Gasteiger partial charge in [0.05, 0.1) is 17.9 Å². The molecule has 9 heteroatoms. The molecule has 0 aromatic heterocycles. The molecule has 0 aliphatic carbocycles. The lowest BCUT2D eigenvalue weighted by Crippen LogP contribution is -2.26. The van der Waals surface area contributed by atoms with Gasteiger partial charge in [-0.2, -0.15) is 26.0 Å². The van der Waals surface area contributed by atoms with Gasteiger partial charge in [-0.25, -0.2) is 4.85 Å². The zero-order valence-electron chi connectivity index (χ0n) is 9.18. The molecule has 19 heavy (non-hydrogen) atoms. The van der Waals surface area contributed by atoms with Crippen molar-refractivity contribution in [2.45, 2.75) is 17.5 Å². The summed E-state index contributed by atoms with van der Waals surface area (Å²) in [6.07, 6.45) is -6.75. The molecule has 1 aromatic rings. The lowest BCUT2D eigenvalue weighted by atomic mass is 10.3. The molecule has 0 saturated carbocycles. The van der Waals surface area contributed by atoms with Crippen LogP contribution in [0.25, 0.3) is 4.85 Å². The van der Waals surface area contributed by atoms with Crippen molar-refractivity contribution in [1.82, 2.24) is 0 Å². The highest BCUT2D eigenvalue weighted by Gasteiger charge is 2.27. The van der Waals surface area contributed by atoms with Crippen LogP contribution in [0.15, 0.2) is 33.6 Å². The van der Waals surface area contributed by atoms with E-state index in [1.54, 1.807) is 0 Å². The molecule has 0 saturated heterocycles. The van der Waals surface area contributed by atoms with Crippen molar-refractivity contribution in [2.24, 2.45) is 4.40 Å². The van der Waals surface area contributed by atoms with E-state index in [1.807, 2.05) is 0 Å². The molecule has 0 fully saturated rings. The number of benzene rings is 1. The average Bonchev–Trinajstić information content (AvgIpc) is 2.25. The van der Waals surface area contributed by atoms with Gasteiger partial charge in [0, 0.05) is 0 Å². The molecule has 0 atom stereocenters. The summed E-state index contributed by atoms with van der Waals surface area (Å²) in [5, 5.41) is 10.9. The summed E-state index contributed by atoms with van der Waals surface area (Å²) in [7, 11) is -4.48. The third-order valence-corrected chi connectivity index (χ3v) is 3.15. The number of hydrogen-bond acceptors (Lipinski definition) is 3. The Morgan fingerprint density at radius 1 is 1.32 bits per heavy atom. The molecule has 5 nitrogen and oxygen atoms in total. The highest BCUT2D eigenvalue weighted by atomic mass is 32.2. The van der Waals surface area contributed by atoms with Crippen molar-refractivity contribution in [3.63, 3.8) is 0 Å². The van der Waals surface area contributed by atoms with Crippen molar-refractivity contribution in [2.75, 3.05) is 0 Å². The van der Waals surface area contributed by atoms with Gasteiger partial charge in [0.25, 0.3) is 10.0 Å². The van der Waals surface area contributed by atoms with E-state index in [0.29, 0.717) is 0 Å². The molecule has 1 rings (SSSR count). The quantitative estimate of drug-likeness (QED) is 0.482. The van der Waals surface area contributed by atoms with Gasteiger partial charge in [0.1, 0.15) is 0 Å². The van der Waals surface area contributed by atoms with Crippen molar-refractivity contribution < 1.29 is 26.7 Å². The van der Waals surface area contributed by atoms with E-state index in [4.69, 9.17) is 6.57 Å². The van der Waals surface area contributed by atoms with Crippen LogP contribution in [0.2, 0.25) is 0 Å². The Hall–Kier alpha value is -2.08. The van der Waals surface area contributed by atoms with Crippen molar-refractivity contribution >= 4 is 21.6 Å². The summed E-state index contributed by atoms with van der Waals surface area (Å²) in [6.45, 7) is 6.65. The van der Waals surface area contributed by atoms with Gasteiger partial charge in [-0.1, -0.05) is 24.3 Å². The first-order valence-corrected chi connectivity index (χ1v) is 6.13. The minimum absolute atomic E-state index is 0.153. The summed E-state index contributed by atoms with van der Waals surface area (Å²) in [5.74, 6) is -1.79. The molecule has 0 bridgehead atoms. The summed E-state index contributed by atoms with van der Waals surface area (Å²) in [4.78, 5) is 2.56. The standard InChI is InChI=1S/C10H7F3N2O3S/c1-14-7-2-4-8(5-3-7)19(17,18)15-9(16)6-10(11,12)13/h2-5H,6H2,(H,15,16)/p-1. The fourth-order valence-corrected chi connectivity index (χ4v) is 2.00. The Morgan fingerprint density at radius 2 is 1.84 bits per heavy atom. The molecule has 0 aliphatic heterocycles. The lowest BCUT2D eigenvalue weighted by molar-refractivity contribution is -0.231. The highest BCUT2D eigenvalue weighted by molar-refractivity contribution is 7.90. The third kappa shape index (κ3) is 4.59. The monoisotopic (exact) mass is 291 g/mol. The van der Waals surface area contributed by atoms with Crippen molar-refractivity contribution in [1.29, 1.82) is 0 Å². The van der Waals surface area contributed by atoms with E-state index in [2.05, 4.69) is 9.24 Å². The molecular formula is C10H6F3N2O3S-. The predicted octanol–water partition coefficient (Wildman–Crippen LogP) is 1.64. The summed E-state index contributed by atoms with van der Waals surface area (Å²) in [6, 6.07) is 4.30. The van der Waals surface area contributed by atoms with Crippen LogP contribution in [0.3, 0.4) is 0 Å². The van der Waals surface area contributed by atoms with Crippen LogP contribution < -0.4 is 5.11 Å². The van der Waals surface area contributed by atoms with Crippen LogP contribution in [0.1, 0.15) is 6.42 Å². The van der Waals surface area contributed by atoms with Crippen LogP contribution in [0.4, 0.5) is 18.9 Å². The maximum absolute atomic E-state index is 11.9. The smallest absolute Gasteiger partial charge is 0.393 e. The van der Waals surface area contributed by atoms with Gasteiger partial charge in [-0.3, -0.25) is 0 Å². The fourth-order valence-electron chi connectivity index (χ4n) is 1.08. The normalized spacial score (nSPS) is 13.1. The second-order valence-electron chi connectivity index (χ2n) is 3.36. The van der Waals surface area contributed by atoms with Gasteiger partial charge < -0.3 is 5.11 Å². The van der Waals surface area contributed by atoms with Gasteiger partial charge >= 0.3 is 6.18 Å². The maximum atomic E-state index is 11.9. The Bertz CT molecular complexity index is 627. The molecule has 0 aliphatic rings. The molecule has 0 N–H and O–H groups in total. The van der Waals surface area contributed by atoms with E-state index in [0.717, 1.165) is 24.3 Å². The van der Waals surface area contributed by atoms with Crippen LogP contribution in [-0.4, -0.2) is 20.5 Å². The van der Waals surface area contributed by atoms with E-state index < -0.39 is 33.4 Å². The minimum Gasteiger partial charge on any atom is -0.861 e. The topological polar surface area (TPSA) is 73.9 Å². The van der Waals surface area contributed by atoms with Gasteiger partial charge in [-0.05, 0) is 5.90 Å². The third-order valence-electron chi connectivity index (χ3n) is 1.84. The predicted molar refractivity (Wildman–Crippen MR) is 58.0 cm³/mol. The minimum atomic E-state index is -4.82. The number of nitrogens with zero attached hydrogens (tertiary/aromatic N) is 2. The average molecular weight is 291 g/mol. The molecule has 0 heterocycles. The number of rotatable bonds is 3. The number of hydrogen-bond donors (Lipinski definition) is 0. The molecule has 0 spiro atoms. The highest BCUT2D eigenvalue weighted by Crippen LogP contribution is 2.21. The first kappa shape index (κ1) is 15.0. The molecule has 1 aromatic carbocycles. The fraction of sp³-hybridized carbons (Fsp3) is 0.200. The van der Waals surface area contributed by atoms with Gasteiger partial charge in [-0.15, -0.1) is 0 Å². The Labute approximate surface area is 106 Å². The lowest BCUT2D eigenvalue weighted by Gasteiger charge is -2.12. The van der Waals surface area contributed by atoms with Crippen molar-refractivity contribution in [3.05, 3.63) is 35.7 Å². The van der Waals surface area contributed by atoms with E-state index in [9.17, 15) is 26.7 Å². The van der Waals surface area contributed by atoms with Crippen LogP contribution in [0, 0.1) is 6.57 Å². The molecule has 0 unspecified atom stereocenters. The molecular weight excluding hydrogens is 285 g/mol. The first-order valence-electron chi connectivity index (χ1n) is 4.69. The zero-order valence-corrected chi connectivity index (χ0v) is 9.99. The van der Waals surface area contributed by atoms with Crippen LogP contribution in [0.5, 0.6) is 0 Å². The van der Waals surface area contributed by atoms with Crippen LogP contribution in [-0.2, 0) is 10.0 Å². The number of sulfonamides is 1. The number of alkyl halides is 3. The Balaban J connectivity index is 3.04. The summed E-state index contributed by atoms with van der Waals surface area (Å²) in [5.41, 5.74) is 0.153. The summed E-state index contributed by atoms with van der Waals surface area (Å²) >= 11 is 0. The van der Waals surface area contributed by atoms with Crippen molar-refractivity contribution in [3.8, 4) is 0 Å². The molecule has 0 amide bonds. The zero-order chi connectivity index (χ0) is 14.7. The first-order chi connectivity index (χ1) is 8.64. The molecule has 102 valence electrons. The van der Waals surface area contributed by atoms with E-state index in [-0.39, 0.29) is 5.69 Å². The second kappa shape index (κ2) is 5.27. The number of halogens is 3. The molecule has 0 radical (unpaired) electrons. The Kier molecular flexibility index (Phi) is 4.16. The van der Waals surface area contributed by atoms with Crippen LogP contribution >= 0.6 is 0 Å². The van der Waals surface area contributed by atoms with E-state index >= 15 is 0 Å². The van der Waals surface area contributed by atoms with Gasteiger partial charge in [0.2, 0.25) is 0 Å². The maximum Gasteiger partial charge on any atom is 0.393 e. The summed E-state index contributed by atoms with van der Waals surface area (Å²) < 4.78 is 61.2.